The number of nitrogens with one attached hydrogen (secondary N) is 2. The molecule has 3 nitrogen and oxygen atoms in total. The van der Waals surface area contributed by atoms with E-state index in [4.69, 9.17) is 0 Å². The maximum Gasteiger partial charge on any atom is 0.0107 e. The second kappa shape index (κ2) is 23.8. The van der Waals surface area contributed by atoms with Crippen LogP contribution < -0.4 is 10.6 Å². The third kappa shape index (κ3) is 19.1. The number of nitrogens with zero attached hydrogens (tertiary/aromatic N) is 1. The largest absolute Gasteiger partial charge is 0.314 e. The molecule has 0 aromatic heterocycles. The van der Waals surface area contributed by atoms with Crippen LogP contribution in [0, 0.1) is 0 Å². The van der Waals surface area contributed by atoms with Crippen molar-refractivity contribution in [1.29, 1.82) is 0 Å². The number of unbranched alkanes of at least 4 members (excludes halogenated alkanes) is 9. The van der Waals surface area contributed by atoms with Gasteiger partial charge in [-0.15, -0.1) is 37.2 Å². The van der Waals surface area contributed by atoms with Crippen LogP contribution in [-0.4, -0.2) is 50.7 Å². The Labute approximate surface area is 169 Å². The van der Waals surface area contributed by atoms with E-state index >= 15 is 0 Å². The van der Waals surface area contributed by atoms with Crippen LogP contribution in [0.25, 0.3) is 0 Å². The Morgan fingerprint density at radius 1 is 0.583 bits per heavy atom. The molecule has 1 fully saturated rings. The lowest BCUT2D eigenvalue weighted by Gasteiger charge is -2.21. The first-order valence-electron chi connectivity index (χ1n) is 9.57. The summed E-state index contributed by atoms with van der Waals surface area (Å²) in [7, 11) is 0. The maximum atomic E-state index is 3.49. The second-order valence-electron chi connectivity index (χ2n) is 6.52. The predicted octanol–water partition coefficient (Wildman–Crippen LogP) is 4.67. The molecule has 0 aliphatic carbocycles. The van der Waals surface area contributed by atoms with Crippen molar-refractivity contribution in [1.82, 2.24) is 15.5 Å². The van der Waals surface area contributed by atoms with Gasteiger partial charge < -0.3 is 15.5 Å². The zero-order chi connectivity index (χ0) is 15.0. The lowest BCUT2D eigenvalue weighted by atomic mass is 10.1. The topological polar surface area (TPSA) is 27.3 Å². The van der Waals surface area contributed by atoms with Gasteiger partial charge >= 0.3 is 0 Å². The summed E-state index contributed by atoms with van der Waals surface area (Å²) in [5.74, 6) is 0. The molecule has 6 heteroatoms. The smallest absolute Gasteiger partial charge is 0.0107 e. The van der Waals surface area contributed by atoms with Gasteiger partial charge in [-0.1, -0.05) is 64.7 Å². The van der Waals surface area contributed by atoms with Crippen LogP contribution in [-0.2, 0) is 0 Å². The van der Waals surface area contributed by atoms with Crippen molar-refractivity contribution in [3.8, 4) is 0 Å². The highest BCUT2D eigenvalue weighted by Gasteiger charge is 2.05. The summed E-state index contributed by atoms with van der Waals surface area (Å²) in [5.41, 5.74) is 0. The molecule has 0 aromatic carbocycles. The molecule has 1 aliphatic heterocycles. The van der Waals surface area contributed by atoms with Gasteiger partial charge in [0, 0.05) is 39.3 Å². The standard InChI is InChI=1S/C18H39N3.3ClH/c1-2-3-4-5-6-7-8-9-10-11-16-21-17-14-19-12-13-20-15-18-21;;;/h19-20H,2-18H2,1H3;3*1H. The average Bonchev–Trinajstić information content (AvgIpc) is 2.63. The van der Waals surface area contributed by atoms with Crippen molar-refractivity contribution in [2.45, 2.75) is 71.1 Å². The molecular weight excluding hydrogens is 365 g/mol. The van der Waals surface area contributed by atoms with Gasteiger partial charge in [-0.3, -0.25) is 0 Å². The molecule has 0 atom stereocenters. The number of hydrogen-bond donors (Lipinski definition) is 2. The van der Waals surface area contributed by atoms with Gasteiger partial charge in [-0.05, 0) is 13.0 Å². The van der Waals surface area contributed by atoms with Crippen molar-refractivity contribution in [3.05, 3.63) is 0 Å². The average molecular weight is 407 g/mol. The fourth-order valence-corrected chi connectivity index (χ4v) is 3.06. The summed E-state index contributed by atoms with van der Waals surface area (Å²) < 4.78 is 0. The second-order valence-corrected chi connectivity index (χ2v) is 6.52. The van der Waals surface area contributed by atoms with Gasteiger partial charge in [0.15, 0.2) is 0 Å². The van der Waals surface area contributed by atoms with Crippen LogP contribution in [0.1, 0.15) is 71.1 Å². The van der Waals surface area contributed by atoms with Crippen LogP contribution in [0.15, 0.2) is 0 Å². The SMILES string of the molecule is CCCCCCCCCCCCN1CCNCCNCC1.Cl.Cl.Cl. The van der Waals surface area contributed by atoms with E-state index in [0.717, 1.165) is 26.2 Å². The summed E-state index contributed by atoms with van der Waals surface area (Å²) >= 11 is 0. The van der Waals surface area contributed by atoms with Gasteiger partial charge in [0.2, 0.25) is 0 Å². The van der Waals surface area contributed by atoms with Gasteiger partial charge in [-0.25, -0.2) is 0 Å². The highest BCUT2D eigenvalue weighted by atomic mass is 35.5. The van der Waals surface area contributed by atoms with Crippen LogP contribution >= 0.6 is 37.2 Å². The van der Waals surface area contributed by atoms with E-state index in [0.29, 0.717) is 0 Å². The Balaban J connectivity index is -0.00000147. The van der Waals surface area contributed by atoms with Crippen molar-refractivity contribution in [3.63, 3.8) is 0 Å². The van der Waals surface area contributed by atoms with Gasteiger partial charge in [0.25, 0.3) is 0 Å². The highest BCUT2D eigenvalue weighted by Crippen LogP contribution is 2.10. The molecule has 150 valence electrons. The van der Waals surface area contributed by atoms with Crippen molar-refractivity contribution in [2.24, 2.45) is 0 Å². The van der Waals surface area contributed by atoms with E-state index < -0.39 is 0 Å². The molecule has 0 radical (unpaired) electrons. The molecule has 2 N–H and O–H groups in total. The Morgan fingerprint density at radius 3 is 1.46 bits per heavy atom. The third-order valence-corrected chi connectivity index (χ3v) is 4.52. The van der Waals surface area contributed by atoms with E-state index in [2.05, 4.69) is 22.5 Å². The lowest BCUT2D eigenvalue weighted by Crippen LogP contribution is -2.34. The first-order valence-corrected chi connectivity index (χ1v) is 9.57. The van der Waals surface area contributed by atoms with Crippen molar-refractivity contribution < 1.29 is 0 Å². The molecule has 1 saturated heterocycles. The normalized spacial score (nSPS) is 15.9. The molecule has 1 aliphatic rings. The quantitative estimate of drug-likeness (QED) is 0.488. The lowest BCUT2D eigenvalue weighted by molar-refractivity contribution is 0.273. The molecule has 1 rings (SSSR count). The Kier molecular flexibility index (Phi) is 29.2. The third-order valence-electron chi connectivity index (χ3n) is 4.52. The predicted molar refractivity (Wildman–Crippen MR) is 116 cm³/mol. The minimum atomic E-state index is 0. The Bertz CT molecular complexity index is 212. The van der Waals surface area contributed by atoms with Crippen LogP contribution in [0.5, 0.6) is 0 Å². The summed E-state index contributed by atoms with van der Waals surface area (Å²) in [4.78, 5) is 2.62. The maximum absolute atomic E-state index is 3.49. The summed E-state index contributed by atoms with van der Waals surface area (Å²) in [6.45, 7) is 10.6. The monoisotopic (exact) mass is 405 g/mol. The van der Waals surface area contributed by atoms with E-state index in [9.17, 15) is 0 Å². The van der Waals surface area contributed by atoms with Gasteiger partial charge in [-0.2, -0.15) is 0 Å². The molecule has 24 heavy (non-hydrogen) atoms. The fourth-order valence-electron chi connectivity index (χ4n) is 3.06. The zero-order valence-corrected chi connectivity index (χ0v) is 18.1. The zero-order valence-electron chi connectivity index (χ0n) is 15.7. The molecule has 0 amide bonds. The van der Waals surface area contributed by atoms with Crippen molar-refractivity contribution >= 4 is 37.2 Å². The van der Waals surface area contributed by atoms with Crippen LogP contribution in [0.2, 0.25) is 0 Å². The molecule has 1 heterocycles. The number of halogens is 3. The highest BCUT2D eigenvalue weighted by molar-refractivity contribution is 5.86. The Hall–Kier alpha value is 0.750. The van der Waals surface area contributed by atoms with Gasteiger partial charge in [0.05, 0.1) is 0 Å². The number of hydrogen-bond acceptors (Lipinski definition) is 3. The van der Waals surface area contributed by atoms with E-state index in [1.54, 1.807) is 0 Å². The summed E-state index contributed by atoms with van der Waals surface area (Å²) in [5, 5.41) is 6.98. The number of rotatable bonds is 11. The fraction of sp³-hybridized carbons (Fsp3) is 1.00. The first kappa shape index (κ1) is 29.5. The minimum Gasteiger partial charge on any atom is -0.314 e. The molecule has 0 spiro atoms. The Morgan fingerprint density at radius 2 is 1.00 bits per heavy atom. The molecule has 0 bridgehead atoms. The molecule has 0 unspecified atom stereocenters. The van der Waals surface area contributed by atoms with E-state index in [1.165, 1.54) is 83.8 Å². The molecular formula is C18H42Cl3N3. The van der Waals surface area contributed by atoms with Crippen LogP contribution in [0.3, 0.4) is 0 Å². The summed E-state index contributed by atoms with van der Waals surface area (Å²) in [6, 6.07) is 0. The van der Waals surface area contributed by atoms with E-state index in [-0.39, 0.29) is 37.2 Å². The first-order chi connectivity index (χ1) is 10.4. The molecule has 0 saturated carbocycles. The van der Waals surface area contributed by atoms with Crippen molar-refractivity contribution in [2.75, 3.05) is 45.8 Å². The van der Waals surface area contributed by atoms with Gasteiger partial charge in [0.1, 0.15) is 0 Å². The molecule has 0 aromatic rings. The van der Waals surface area contributed by atoms with E-state index in [1.807, 2.05) is 0 Å². The minimum absolute atomic E-state index is 0. The summed E-state index contributed by atoms with van der Waals surface area (Å²) in [6.07, 6.45) is 14.3. The van der Waals surface area contributed by atoms with Crippen LogP contribution in [0.4, 0.5) is 0 Å².